The van der Waals surface area contributed by atoms with Gasteiger partial charge >= 0.3 is 0 Å². The third-order valence-electron chi connectivity index (χ3n) is 3.00. The molecule has 0 saturated carbocycles. The Balaban J connectivity index is 2.09. The van der Waals surface area contributed by atoms with Crippen LogP contribution >= 0.6 is 11.8 Å². The molecule has 0 aliphatic heterocycles. The van der Waals surface area contributed by atoms with Crippen LogP contribution in [0.4, 0.5) is 0 Å². The quantitative estimate of drug-likeness (QED) is 0.829. The maximum absolute atomic E-state index is 11.5. The zero-order valence-corrected chi connectivity index (χ0v) is 12.6. The number of aromatic amines is 1. The Hall–Kier alpha value is -1.82. The minimum absolute atomic E-state index is 0.0337. The fourth-order valence-electron chi connectivity index (χ4n) is 1.74. The van der Waals surface area contributed by atoms with Crippen LogP contribution in [0.25, 0.3) is 11.4 Å². The van der Waals surface area contributed by atoms with Crippen molar-refractivity contribution in [2.75, 3.05) is 7.05 Å². The summed E-state index contributed by atoms with van der Waals surface area (Å²) in [5, 5.41) is 10.0. The lowest BCUT2D eigenvalue weighted by atomic mass is 10.1. The van der Waals surface area contributed by atoms with E-state index in [4.69, 9.17) is 0 Å². The van der Waals surface area contributed by atoms with Crippen molar-refractivity contribution >= 4 is 17.7 Å². The van der Waals surface area contributed by atoms with E-state index in [-0.39, 0.29) is 11.2 Å². The first-order valence-electron chi connectivity index (χ1n) is 6.54. The van der Waals surface area contributed by atoms with Gasteiger partial charge in [-0.15, -0.1) is 5.10 Å². The molecule has 0 aliphatic carbocycles. The van der Waals surface area contributed by atoms with E-state index in [2.05, 4.69) is 39.6 Å². The van der Waals surface area contributed by atoms with Gasteiger partial charge < -0.3 is 5.32 Å². The third kappa shape index (κ3) is 3.39. The number of hydrogen-bond acceptors (Lipinski definition) is 4. The number of benzene rings is 1. The number of thioether (sulfide) groups is 1. The number of H-pyrrole nitrogens is 1. The van der Waals surface area contributed by atoms with Gasteiger partial charge in [-0.1, -0.05) is 43.0 Å². The summed E-state index contributed by atoms with van der Waals surface area (Å²) in [5.74, 6) is 0.688. The normalized spacial score (nSPS) is 12.2. The summed E-state index contributed by atoms with van der Waals surface area (Å²) in [5.41, 5.74) is 2.28. The van der Waals surface area contributed by atoms with Gasteiger partial charge in [0, 0.05) is 12.6 Å². The molecule has 0 spiro atoms. The van der Waals surface area contributed by atoms with Gasteiger partial charge in [-0.2, -0.15) is 0 Å². The van der Waals surface area contributed by atoms with Gasteiger partial charge in [0.25, 0.3) is 0 Å². The number of aryl methyl sites for hydroxylation is 1. The van der Waals surface area contributed by atoms with Crippen LogP contribution in [0.3, 0.4) is 0 Å². The minimum atomic E-state index is -0.217. The molecule has 6 heteroatoms. The average molecular weight is 290 g/mol. The van der Waals surface area contributed by atoms with E-state index in [1.54, 1.807) is 7.05 Å². The number of rotatable bonds is 5. The molecule has 2 rings (SSSR count). The van der Waals surface area contributed by atoms with Gasteiger partial charge in [-0.25, -0.2) is 4.98 Å². The Morgan fingerprint density at radius 2 is 2.10 bits per heavy atom. The fourth-order valence-corrected chi connectivity index (χ4v) is 2.52. The molecular weight excluding hydrogens is 272 g/mol. The van der Waals surface area contributed by atoms with Crippen LogP contribution < -0.4 is 5.32 Å². The largest absolute Gasteiger partial charge is 0.358 e. The molecule has 5 nitrogen and oxygen atoms in total. The van der Waals surface area contributed by atoms with E-state index in [1.807, 2.05) is 19.1 Å². The van der Waals surface area contributed by atoms with Gasteiger partial charge in [0.2, 0.25) is 11.1 Å². The van der Waals surface area contributed by atoms with Crippen molar-refractivity contribution in [2.45, 2.75) is 30.7 Å². The van der Waals surface area contributed by atoms with Crippen molar-refractivity contribution < 1.29 is 4.79 Å². The first kappa shape index (κ1) is 14.6. The molecule has 1 aromatic carbocycles. The molecule has 2 N–H and O–H groups in total. The molecule has 1 heterocycles. The van der Waals surface area contributed by atoms with Crippen LogP contribution in [0.5, 0.6) is 0 Å². The molecule has 20 heavy (non-hydrogen) atoms. The van der Waals surface area contributed by atoms with E-state index in [1.165, 1.54) is 17.3 Å². The molecule has 0 radical (unpaired) electrons. The molecule has 0 bridgehead atoms. The van der Waals surface area contributed by atoms with Crippen molar-refractivity contribution in [3.63, 3.8) is 0 Å². The molecule has 0 fully saturated rings. The van der Waals surface area contributed by atoms with Gasteiger partial charge in [-0.3, -0.25) is 9.89 Å². The summed E-state index contributed by atoms with van der Waals surface area (Å²) < 4.78 is 0. The lowest BCUT2D eigenvalue weighted by Gasteiger charge is -2.05. The van der Waals surface area contributed by atoms with Crippen LogP contribution in [0, 0.1) is 0 Å². The highest BCUT2D eigenvalue weighted by atomic mass is 32.2. The second kappa shape index (κ2) is 6.56. The number of carbonyl (C=O) groups excluding carboxylic acids is 1. The second-order valence-corrected chi connectivity index (χ2v) is 5.70. The van der Waals surface area contributed by atoms with Crippen molar-refractivity contribution in [3.05, 3.63) is 29.8 Å². The lowest BCUT2D eigenvalue weighted by Crippen LogP contribution is -2.27. The molecule has 1 amide bonds. The van der Waals surface area contributed by atoms with Crippen molar-refractivity contribution in [1.82, 2.24) is 20.5 Å². The Bertz CT molecular complexity index is 579. The average Bonchev–Trinajstić information content (AvgIpc) is 2.94. The number of aromatic nitrogens is 3. The number of nitrogens with one attached hydrogen (secondary N) is 2. The maximum Gasteiger partial charge on any atom is 0.233 e. The van der Waals surface area contributed by atoms with E-state index in [0.717, 1.165) is 17.8 Å². The van der Waals surface area contributed by atoms with Crippen LogP contribution in [0.2, 0.25) is 0 Å². The molecular formula is C14H18N4OS. The van der Waals surface area contributed by atoms with E-state index in [0.29, 0.717) is 5.16 Å². The van der Waals surface area contributed by atoms with Crippen molar-refractivity contribution in [1.29, 1.82) is 0 Å². The molecule has 0 aliphatic rings. The van der Waals surface area contributed by atoms with E-state index in [9.17, 15) is 4.79 Å². The first-order valence-corrected chi connectivity index (χ1v) is 7.42. The Morgan fingerprint density at radius 3 is 2.70 bits per heavy atom. The van der Waals surface area contributed by atoms with Crippen LogP contribution in [-0.2, 0) is 11.2 Å². The predicted molar refractivity (Wildman–Crippen MR) is 80.6 cm³/mol. The molecule has 106 valence electrons. The van der Waals surface area contributed by atoms with E-state index >= 15 is 0 Å². The summed E-state index contributed by atoms with van der Waals surface area (Å²) in [4.78, 5) is 15.9. The first-order chi connectivity index (χ1) is 9.63. The summed E-state index contributed by atoms with van der Waals surface area (Å²) in [6.45, 7) is 3.95. The summed E-state index contributed by atoms with van der Waals surface area (Å²) in [6, 6.07) is 8.21. The highest BCUT2D eigenvalue weighted by Crippen LogP contribution is 2.22. The number of nitrogens with zero attached hydrogens (tertiary/aromatic N) is 2. The number of carbonyl (C=O) groups is 1. The Kier molecular flexibility index (Phi) is 4.79. The minimum Gasteiger partial charge on any atom is -0.358 e. The van der Waals surface area contributed by atoms with Gasteiger partial charge in [0.1, 0.15) is 0 Å². The third-order valence-corrected chi connectivity index (χ3v) is 3.96. The highest BCUT2D eigenvalue weighted by molar-refractivity contribution is 8.00. The van der Waals surface area contributed by atoms with Crippen molar-refractivity contribution in [3.8, 4) is 11.4 Å². The predicted octanol–water partition coefficient (Wildman–Crippen LogP) is 2.26. The lowest BCUT2D eigenvalue weighted by molar-refractivity contribution is -0.119. The zero-order chi connectivity index (χ0) is 14.5. The molecule has 1 atom stereocenters. The topological polar surface area (TPSA) is 70.7 Å². The monoisotopic (exact) mass is 290 g/mol. The second-order valence-electron chi connectivity index (χ2n) is 4.39. The Labute approximate surface area is 122 Å². The van der Waals surface area contributed by atoms with Crippen molar-refractivity contribution in [2.24, 2.45) is 0 Å². The van der Waals surface area contributed by atoms with E-state index < -0.39 is 0 Å². The summed E-state index contributed by atoms with van der Waals surface area (Å²) in [7, 11) is 1.62. The van der Waals surface area contributed by atoms with Crippen LogP contribution in [-0.4, -0.2) is 33.4 Å². The highest BCUT2D eigenvalue weighted by Gasteiger charge is 2.15. The van der Waals surface area contributed by atoms with Gasteiger partial charge in [0.15, 0.2) is 5.82 Å². The molecule has 1 unspecified atom stereocenters. The zero-order valence-electron chi connectivity index (χ0n) is 11.8. The van der Waals surface area contributed by atoms with Crippen LogP contribution in [0.1, 0.15) is 19.4 Å². The SMILES string of the molecule is CCc1ccc(-c2nc(SC(C)C(=O)NC)n[nH]2)cc1. The van der Waals surface area contributed by atoms with Gasteiger partial charge in [-0.05, 0) is 18.9 Å². The van der Waals surface area contributed by atoms with Crippen LogP contribution in [0.15, 0.2) is 29.4 Å². The summed E-state index contributed by atoms with van der Waals surface area (Å²) >= 11 is 1.33. The summed E-state index contributed by atoms with van der Waals surface area (Å²) in [6.07, 6.45) is 1.02. The number of amides is 1. The standard InChI is InChI=1S/C14H18N4OS/c1-4-10-5-7-11(8-6-10)12-16-14(18-17-12)20-9(2)13(19)15-3/h5-9H,4H2,1-3H3,(H,15,19)(H,16,17,18). The maximum atomic E-state index is 11.5. The van der Waals surface area contributed by atoms with Gasteiger partial charge in [0.05, 0.1) is 5.25 Å². The Morgan fingerprint density at radius 1 is 1.40 bits per heavy atom. The fraction of sp³-hybridized carbons (Fsp3) is 0.357. The molecule has 0 saturated heterocycles. The number of hydrogen-bond donors (Lipinski definition) is 2. The molecule has 1 aromatic heterocycles. The molecule has 2 aromatic rings. The smallest absolute Gasteiger partial charge is 0.233 e.